The molecule has 1 saturated heterocycles. The summed E-state index contributed by atoms with van der Waals surface area (Å²) in [4.78, 5) is 20.5. The Kier molecular flexibility index (Phi) is 4.22. The second kappa shape index (κ2) is 6.29. The Morgan fingerprint density at radius 2 is 2.05 bits per heavy atom. The van der Waals surface area contributed by atoms with E-state index in [1.807, 2.05) is 18.2 Å². The smallest absolute Gasteiger partial charge is 0.289 e. The van der Waals surface area contributed by atoms with Crippen LogP contribution in [0.5, 0.6) is 0 Å². The highest BCUT2D eigenvalue weighted by atomic mass is 35.5. The fourth-order valence-corrected chi connectivity index (χ4v) is 2.72. The molecule has 0 spiro atoms. The quantitative estimate of drug-likeness (QED) is 0.886. The van der Waals surface area contributed by atoms with Crippen LogP contribution in [0.15, 0.2) is 52.6 Å². The maximum Gasteiger partial charge on any atom is 0.289 e. The molecular formula is C15H9ClFN3OS. The predicted molar refractivity (Wildman–Crippen MR) is 86.8 cm³/mol. The van der Waals surface area contributed by atoms with Crippen molar-refractivity contribution in [2.24, 2.45) is 4.99 Å². The third-order valence-corrected chi connectivity index (χ3v) is 3.91. The summed E-state index contributed by atoms with van der Waals surface area (Å²) in [5.41, 5.74) is 1.36. The molecule has 2 heterocycles. The molecule has 1 aromatic carbocycles. The van der Waals surface area contributed by atoms with Crippen LogP contribution in [0.2, 0.25) is 5.02 Å². The van der Waals surface area contributed by atoms with Crippen molar-refractivity contribution in [1.82, 2.24) is 10.3 Å². The van der Waals surface area contributed by atoms with E-state index in [1.54, 1.807) is 12.4 Å². The zero-order valence-electron chi connectivity index (χ0n) is 11.1. The standard InChI is InChI=1S/C15H9ClFN3OS/c16-11-8-10(1-2-12(11)17)19-14-13(22-15(21)20-14)7-9-3-5-18-6-4-9/h1-8H,(H,19,20,21). The molecule has 1 aliphatic rings. The van der Waals surface area contributed by atoms with Gasteiger partial charge < -0.3 is 5.32 Å². The van der Waals surface area contributed by atoms with Gasteiger partial charge in [-0.25, -0.2) is 9.38 Å². The van der Waals surface area contributed by atoms with Crippen LogP contribution in [0.1, 0.15) is 5.56 Å². The number of thioether (sulfide) groups is 1. The van der Waals surface area contributed by atoms with Crippen LogP contribution in [-0.2, 0) is 0 Å². The van der Waals surface area contributed by atoms with Crippen LogP contribution in [0.25, 0.3) is 6.08 Å². The number of hydrogen-bond acceptors (Lipinski definition) is 4. The molecule has 1 amide bonds. The number of halogens is 2. The summed E-state index contributed by atoms with van der Waals surface area (Å²) in [6.07, 6.45) is 5.16. The Hall–Kier alpha value is -2.18. The minimum Gasteiger partial charge on any atom is -0.300 e. The summed E-state index contributed by atoms with van der Waals surface area (Å²) in [6, 6.07) is 7.78. The predicted octanol–water partition coefficient (Wildman–Crippen LogP) is 4.40. The molecule has 22 heavy (non-hydrogen) atoms. The number of aliphatic imine (C=N–C) groups is 1. The lowest BCUT2D eigenvalue weighted by Crippen LogP contribution is -2.18. The third kappa shape index (κ3) is 3.35. The van der Waals surface area contributed by atoms with Crippen molar-refractivity contribution in [3.8, 4) is 0 Å². The number of pyridine rings is 1. The number of aromatic nitrogens is 1. The fourth-order valence-electron chi connectivity index (χ4n) is 1.81. The number of rotatable bonds is 2. The van der Waals surface area contributed by atoms with Gasteiger partial charge in [-0.2, -0.15) is 0 Å². The summed E-state index contributed by atoms with van der Waals surface area (Å²) in [6.45, 7) is 0. The molecule has 1 fully saturated rings. The first kappa shape index (κ1) is 14.7. The molecule has 1 N–H and O–H groups in total. The average molecular weight is 334 g/mol. The van der Waals surface area contributed by atoms with Gasteiger partial charge >= 0.3 is 0 Å². The normalized spacial score (nSPS) is 18.0. The number of nitrogens with zero attached hydrogens (tertiary/aromatic N) is 2. The van der Waals surface area contributed by atoms with Crippen molar-refractivity contribution in [3.63, 3.8) is 0 Å². The average Bonchev–Trinajstić information content (AvgIpc) is 2.83. The van der Waals surface area contributed by atoms with E-state index in [9.17, 15) is 9.18 Å². The summed E-state index contributed by atoms with van der Waals surface area (Å²) < 4.78 is 13.2. The van der Waals surface area contributed by atoms with E-state index in [-0.39, 0.29) is 10.3 Å². The van der Waals surface area contributed by atoms with Gasteiger partial charge in [0.05, 0.1) is 15.6 Å². The Bertz CT molecular complexity index is 793. The number of nitrogens with one attached hydrogen (secondary N) is 1. The van der Waals surface area contributed by atoms with E-state index in [4.69, 9.17) is 11.6 Å². The van der Waals surface area contributed by atoms with Crippen LogP contribution < -0.4 is 5.32 Å². The molecule has 4 nitrogen and oxygen atoms in total. The zero-order valence-corrected chi connectivity index (χ0v) is 12.7. The largest absolute Gasteiger partial charge is 0.300 e. The monoisotopic (exact) mass is 333 g/mol. The van der Waals surface area contributed by atoms with E-state index in [2.05, 4.69) is 15.3 Å². The van der Waals surface area contributed by atoms with Crippen molar-refractivity contribution in [2.75, 3.05) is 0 Å². The second-order valence-electron chi connectivity index (χ2n) is 4.36. The Morgan fingerprint density at radius 3 is 2.77 bits per heavy atom. The van der Waals surface area contributed by atoms with E-state index < -0.39 is 5.82 Å². The summed E-state index contributed by atoms with van der Waals surface area (Å²) >= 11 is 6.78. The van der Waals surface area contributed by atoms with Gasteiger partial charge in [-0.15, -0.1) is 0 Å². The Morgan fingerprint density at radius 1 is 1.27 bits per heavy atom. The van der Waals surface area contributed by atoms with Crippen molar-refractivity contribution in [2.45, 2.75) is 0 Å². The first-order chi connectivity index (χ1) is 10.6. The highest BCUT2D eigenvalue weighted by Gasteiger charge is 2.23. The lowest BCUT2D eigenvalue weighted by molar-refractivity contribution is 0.265. The summed E-state index contributed by atoms with van der Waals surface area (Å²) in [5.74, 6) is -0.0995. The molecule has 0 aliphatic carbocycles. The summed E-state index contributed by atoms with van der Waals surface area (Å²) in [7, 11) is 0. The molecule has 2 aromatic rings. The fraction of sp³-hybridized carbons (Fsp3) is 0. The Labute approximate surface area is 135 Å². The summed E-state index contributed by atoms with van der Waals surface area (Å²) in [5, 5.41) is 2.43. The second-order valence-corrected chi connectivity index (χ2v) is 5.78. The molecule has 0 bridgehead atoms. The number of hydrogen-bond donors (Lipinski definition) is 1. The number of amidine groups is 1. The molecule has 1 aromatic heterocycles. The molecule has 0 atom stereocenters. The van der Waals surface area contributed by atoms with Crippen molar-refractivity contribution in [1.29, 1.82) is 0 Å². The van der Waals surface area contributed by atoms with Gasteiger partial charge in [-0.05, 0) is 53.7 Å². The number of amides is 1. The van der Waals surface area contributed by atoms with Gasteiger partial charge in [0.15, 0.2) is 0 Å². The molecule has 3 rings (SSSR count). The molecule has 110 valence electrons. The van der Waals surface area contributed by atoms with E-state index in [1.165, 1.54) is 18.2 Å². The molecular weight excluding hydrogens is 325 g/mol. The van der Waals surface area contributed by atoms with E-state index in [0.29, 0.717) is 16.4 Å². The lowest BCUT2D eigenvalue weighted by atomic mass is 10.2. The van der Waals surface area contributed by atoms with Crippen LogP contribution in [0.3, 0.4) is 0 Å². The van der Waals surface area contributed by atoms with Crippen LogP contribution >= 0.6 is 23.4 Å². The van der Waals surface area contributed by atoms with Gasteiger partial charge in [0.2, 0.25) is 0 Å². The Balaban J connectivity index is 1.96. The van der Waals surface area contributed by atoms with Crippen molar-refractivity contribution in [3.05, 3.63) is 64.0 Å². The van der Waals surface area contributed by atoms with Crippen LogP contribution in [-0.4, -0.2) is 16.1 Å². The molecule has 0 saturated carbocycles. The number of carbonyl (C=O) groups is 1. The van der Waals surface area contributed by atoms with Crippen molar-refractivity contribution >= 4 is 46.2 Å². The van der Waals surface area contributed by atoms with Gasteiger partial charge in [0, 0.05) is 12.4 Å². The maximum absolute atomic E-state index is 13.2. The van der Waals surface area contributed by atoms with Gasteiger partial charge in [0.25, 0.3) is 5.24 Å². The maximum atomic E-state index is 13.2. The first-order valence-electron chi connectivity index (χ1n) is 6.26. The highest BCUT2D eigenvalue weighted by Crippen LogP contribution is 2.29. The first-order valence-corrected chi connectivity index (χ1v) is 7.46. The minimum absolute atomic E-state index is 0.0153. The lowest BCUT2D eigenvalue weighted by Gasteiger charge is -2.01. The highest BCUT2D eigenvalue weighted by molar-refractivity contribution is 8.18. The van der Waals surface area contributed by atoms with E-state index in [0.717, 1.165) is 17.3 Å². The molecule has 0 unspecified atom stereocenters. The van der Waals surface area contributed by atoms with Crippen LogP contribution in [0, 0.1) is 5.82 Å². The molecule has 7 heteroatoms. The zero-order chi connectivity index (χ0) is 15.5. The number of benzene rings is 1. The SMILES string of the molecule is O=C1NC(=Nc2ccc(F)c(Cl)c2)C(=Cc2ccncc2)S1. The van der Waals surface area contributed by atoms with Gasteiger partial charge in [-0.3, -0.25) is 9.78 Å². The van der Waals surface area contributed by atoms with Crippen molar-refractivity contribution < 1.29 is 9.18 Å². The van der Waals surface area contributed by atoms with Gasteiger partial charge in [0.1, 0.15) is 11.7 Å². The topological polar surface area (TPSA) is 54.4 Å². The number of carbonyl (C=O) groups excluding carboxylic acids is 1. The molecule has 0 radical (unpaired) electrons. The minimum atomic E-state index is -0.511. The molecule has 1 aliphatic heterocycles. The third-order valence-electron chi connectivity index (χ3n) is 2.80. The van der Waals surface area contributed by atoms with Gasteiger partial charge in [-0.1, -0.05) is 11.6 Å². The van der Waals surface area contributed by atoms with Crippen LogP contribution in [0.4, 0.5) is 14.9 Å². The van der Waals surface area contributed by atoms with E-state index >= 15 is 0 Å².